The topological polar surface area (TPSA) is 109 Å². The molecule has 1 heterocycles. The van der Waals surface area contributed by atoms with Crippen LogP contribution in [0.4, 0.5) is 11.4 Å². The minimum atomic E-state index is -0.930. The monoisotopic (exact) mass is 459 g/mol. The van der Waals surface area contributed by atoms with Crippen LogP contribution < -0.4 is 15.8 Å². The molecule has 3 aromatic rings. The van der Waals surface area contributed by atoms with Crippen molar-refractivity contribution in [2.45, 2.75) is 6.92 Å². The molecular weight excluding hydrogens is 434 g/mol. The van der Waals surface area contributed by atoms with Crippen LogP contribution in [0, 0.1) is 18.3 Å². The Morgan fingerprint density at radius 1 is 1.12 bits per heavy atom. The van der Waals surface area contributed by atoms with Crippen molar-refractivity contribution in [3.05, 3.63) is 81.8 Å². The molecule has 0 atom stereocenters. The zero-order valence-corrected chi connectivity index (χ0v) is 19.4. The van der Waals surface area contributed by atoms with Crippen molar-refractivity contribution < 1.29 is 14.3 Å². The second-order valence-electron chi connectivity index (χ2n) is 7.72. The van der Waals surface area contributed by atoms with E-state index in [1.54, 1.807) is 61.1 Å². The van der Waals surface area contributed by atoms with Crippen molar-refractivity contribution in [1.82, 2.24) is 9.36 Å². The summed E-state index contributed by atoms with van der Waals surface area (Å²) in [4.78, 5) is 39.5. The van der Waals surface area contributed by atoms with Crippen molar-refractivity contribution in [2.24, 2.45) is 7.05 Å². The molecule has 0 bridgehead atoms. The third-order valence-electron chi connectivity index (χ3n) is 5.21. The van der Waals surface area contributed by atoms with Crippen LogP contribution in [0.2, 0.25) is 0 Å². The lowest BCUT2D eigenvalue weighted by atomic mass is 10.1. The number of rotatable bonds is 7. The average molecular weight is 460 g/mol. The summed E-state index contributed by atoms with van der Waals surface area (Å²) >= 11 is 0. The van der Waals surface area contributed by atoms with Gasteiger partial charge in [-0.05, 0) is 42.8 Å². The molecule has 3 rings (SSSR count). The maximum atomic E-state index is 12.9. The lowest BCUT2D eigenvalue weighted by molar-refractivity contribution is -0.142. The predicted octanol–water partition coefficient (Wildman–Crippen LogP) is 2.64. The van der Waals surface area contributed by atoms with E-state index in [1.165, 1.54) is 10.8 Å². The SMILES string of the molecule is Cc1c(NC(=O)COC(=O)/C(C#N)=C\c2ccc(N(C)C)cc2)c(=O)n(-c2ccccc2)n1C. The summed E-state index contributed by atoms with van der Waals surface area (Å²) in [7, 11) is 5.51. The molecule has 0 fully saturated rings. The normalized spacial score (nSPS) is 11.0. The summed E-state index contributed by atoms with van der Waals surface area (Å²) < 4.78 is 8.05. The number of hydrogen-bond acceptors (Lipinski definition) is 6. The molecule has 1 N–H and O–H groups in total. The van der Waals surface area contributed by atoms with Gasteiger partial charge in [0, 0.05) is 26.8 Å². The van der Waals surface area contributed by atoms with E-state index >= 15 is 0 Å². The number of hydrogen-bond donors (Lipinski definition) is 1. The van der Waals surface area contributed by atoms with E-state index in [9.17, 15) is 19.6 Å². The Kier molecular flexibility index (Phi) is 7.33. The average Bonchev–Trinajstić information content (AvgIpc) is 3.04. The predicted molar refractivity (Wildman–Crippen MR) is 130 cm³/mol. The molecule has 174 valence electrons. The molecule has 9 nitrogen and oxygen atoms in total. The van der Waals surface area contributed by atoms with Crippen LogP contribution in [0.5, 0.6) is 0 Å². The van der Waals surface area contributed by atoms with Crippen LogP contribution in [0.25, 0.3) is 11.8 Å². The quantitative estimate of drug-likeness (QED) is 0.331. The largest absolute Gasteiger partial charge is 0.451 e. The highest BCUT2D eigenvalue weighted by atomic mass is 16.5. The molecule has 0 saturated heterocycles. The van der Waals surface area contributed by atoms with Gasteiger partial charge in [0.15, 0.2) is 6.61 Å². The van der Waals surface area contributed by atoms with E-state index < -0.39 is 24.0 Å². The number of nitrogens with zero attached hydrogens (tertiary/aromatic N) is 4. The van der Waals surface area contributed by atoms with Gasteiger partial charge in [-0.3, -0.25) is 14.3 Å². The van der Waals surface area contributed by atoms with E-state index in [1.807, 2.05) is 37.2 Å². The third kappa shape index (κ3) is 5.24. The summed E-state index contributed by atoms with van der Waals surface area (Å²) in [5.74, 6) is -1.62. The number of nitriles is 1. The van der Waals surface area contributed by atoms with Crippen LogP contribution in [0.15, 0.2) is 65.0 Å². The van der Waals surface area contributed by atoms with Crippen LogP contribution >= 0.6 is 0 Å². The van der Waals surface area contributed by atoms with Gasteiger partial charge in [0.25, 0.3) is 11.5 Å². The zero-order valence-electron chi connectivity index (χ0n) is 19.4. The molecule has 0 aliphatic heterocycles. The summed E-state index contributed by atoms with van der Waals surface area (Å²) in [6.45, 7) is 1.05. The Morgan fingerprint density at radius 2 is 1.76 bits per heavy atom. The van der Waals surface area contributed by atoms with Gasteiger partial charge in [0.05, 0.1) is 11.4 Å². The Balaban J connectivity index is 1.68. The lowest BCUT2D eigenvalue weighted by Gasteiger charge is -2.11. The van der Waals surface area contributed by atoms with Gasteiger partial charge >= 0.3 is 5.97 Å². The molecule has 1 aromatic heterocycles. The fourth-order valence-electron chi connectivity index (χ4n) is 3.27. The van der Waals surface area contributed by atoms with Crippen LogP contribution in [-0.2, 0) is 21.4 Å². The maximum absolute atomic E-state index is 12.9. The number of nitrogens with one attached hydrogen (secondary N) is 1. The first-order valence-corrected chi connectivity index (χ1v) is 10.4. The van der Waals surface area contributed by atoms with Gasteiger partial charge in [-0.25, -0.2) is 9.48 Å². The first-order chi connectivity index (χ1) is 16.2. The number of esters is 1. The van der Waals surface area contributed by atoms with Gasteiger partial charge < -0.3 is 15.0 Å². The molecule has 34 heavy (non-hydrogen) atoms. The number of anilines is 2. The number of carbonyl (C=O) groups excluding carboxylic acids is 2. The van der Waals surface area contributed by atoms with Gasteiger partial charge in [-0.15, -0.1) is 0 Å². The lowest BCUT2D eigenvalue weighted by Crippen LogP contribution is -2.26. The maximum Gasteiger partial charge on any atom is 0.349 e. The Labute approximate surface area is 197 Å². The second-order valence-corrected chi connectivity index (χ2v) is 7.72. The number of ether oxygens (including phenoxy) is 1. The zero-order chi connectivity index (χ0) is 24.8. The van der Waals surface area contributed by atoms with Crippen molar-refractivity contribution in [2.75, 3.05) is 30.9 Å². The molecule has 2 aromatic carbocycles. The summed E-state index contributed by atoms with van der Waals surface area (Å²) in [5.41, 5.74) is 2.23. The number of aromatic nitrogens is 2. The van der Waals surface area contributed by atoms with Crippen molar-refractivity contribution >= 4 is 29.3 Å². The summed E-state index contributed by atoms with van der Waals surface area (Å²) in [6, 6.07) is 18.0. The Morgan fingerprint density at radius 3 is 2.35 bits per heavy atom. The Bertz CT molecular complexity index is 1330. The first-order valence-electron chi connectivity index (χ1n) is 10.4. The fraction of sp³-hybridized carbons (Fsp3) is 0.200. The minimum absolute atomic E-state index is 0.0874. The minimum Gasteiger partial charge on any atom is -0.451 e. The van der Waals surface area contributed by atoms with Gasteiger partial charge in [0.2, 0.25) is 0 Å². The van der Waals surface area contributed by atoms with Crippen molar-refractivity contribution in [3.8, 4) is 11.8 Å². The van der Waals surface area contributed by atoms with Crippen LogP contribution in [0.3, 0.4) is 0 Å². The number of para-hydroxylation sites is 1. The molecule has 0 unspecified atom stereocenters. The molecule has 9 heteroatoms. The number of benzene rings is 2. The number of carbonyl (C=O) groups is 2. The summed E-state index contributed by atoms with van der Waals surface area (Å²) in [6.07, 6.45) is 1.39. The highest BCUT2D eigenvalue weighted by molar-refractivity contribution is 6.00. The van der Waals surface area contributed by atoms with Crippen LogP contribution in [0.1, 0.15) is 11.3 Å². The number of amides is 1. The second kappa shape index (κ2) is 10.4. The molecular formula is C25H25N5O4. The van der Waals surface area contributed by atoms with Crippen molar-refractivity contribution in [3.63, 3.8) is 0 Å². The third-order valence-corrected chi connectivity index (χ3v) is 5.21. The van der Waals surface area contributed by atoms with Gasteiger partial charge in [-0.1, -0.05) is 30.3 Å². The van der Waals surface area contributed by atoms with E-state index in [0.29, 0.717) is 16.9 Å². The molecule has 0 aliphatic rings. The molecule has 0 spiro atoms. The van der Waals surface area contributed by atoms with Gasteiger partial charge in [-0.2, -0.15) is 5.26 Å². The molecule has 0 radical (unpaired) electrons. The fourth-order valence-corrected chi connectivity index (χ4v) is 3.27. The Hall–Kier alpha value is -4.58. The standard InChI is InChI=1S/C25H25N5O4/c1-17-23(24(32)30(29(17)4)21-8-6-5-7-9-21)27-22(31)16-34-25(33)19(15-26)14-18-10-12-20(13-11-18)28(2)3/h5-14H,16H2,1-4H3,(H,27,31)/b19-14-. The molecule has 0 saturated carbocycles. The summed E-state index contributed by atoms with van der Waals surface area (Å²) in [5, 5.41) is 11.9. The molecule has 0 aliphatic carbocycles. The van der Waals surface area contributed by atoms with E-state index in [4.69, 9.17) is 4.74 Å². The molecule has 1 amide bonds. The highest BCUT2D eigenvalue weighted by Gasteiger charge is 2.19. The van der Waals surface area contributed by atoms with Crippen molar-refractivity contribution in [1.29, 1.82) is 5.26 Å². The highest BCUT2D eigenvalue weighted by Crippen LogP contribution is 2.16. The van der Waals surface area contributed by atoms with E-state index in [0.717, 1.165) is 5.69 Å². The smallest absolute Gasteiger partial charge is 0.349 e. The first kappa shape index (κ1) is 24.1. The van der Waals surface area contributed by atoms with Crippen LogP contribution in [-0.4, -0.2) is 41.9 Å². The van der Waals surface area contributed by atoms with E-state index in [2.05, 4.69) is 5.32 Å². The van der Waals surface area contributed by atoms with Gasteiger partial charge in [0.1, 0.15) is 17.3 Å². The van der Waals surface area contributed by atoms with E-state index in [-0.39, 0.29) is 11.3 Å².